The van der Waals surface area contributed by atoms with Crippen molar-refractivity contribution in [2.75, 3.05) is 44.0 Å². The highest BCUT2D eigenvalue weighted by Gasteiger charge is 2.44. The molecule has 0 spiro atoms. The van der Waals surface area contributed by atoms with Gasteiger partial charge in [0.15, 0.2) is 9.84 Å². The number of amides is 1. The number of halogens is 1. The van der Waals surface area contributed by atoms with Crippen molar-refractivity contribution < 1.29 is 32.2 Å². The van der Waals surface area contributed by atoms with Crippen molar-refractivity contribution in [2.24, 2.45) is 11.8 Å². The Morgan fingerprint density at radius 2 is 1.97 bits per heavy atom. The number of sulfone groups is 1. The summed E-state index contributed by atoms with van der Waals surface area (Å²) in [6.45, 7) is 1.90. The smallest absolute Gasteiger partial charge is 0.407 e. The van der Waals surface area contributed by atoms with E-state index in [1.165, 1.54) is 23.4 Å². The molecule has 2 saturated heterocycles. The second-order valence-electron chi connectivity index (χ2n) is 8.60. The second kappa shape index (κ2) is 8.10. The Kier molecular flexibility index (Phi) is 5.36. The summed E-state index contributed by atoms with van der Waals surface area (Å²) in [5.41, 5.74) is 0.967. The van der Waals surface area contributed by atoms with Gasteiger partial charge in [-0.15, -0.1) is 0 Å². The lowest BCUT2D eigenvalue weighted by Gasteiger charge is -2.45. The summed E-state index contributed by atoms with van der Waals surface area (Å²) in [6.07, 6.45) is 1.72. The zero-order valence-corrected chi connectivity index (χ0v) is 18.7. The molecule has 3 atom stereocenters. The third kappa shape index (κ3) is 3.97. The first kappa shape index (κ1) is 21.8. The van der Waals surface area contributed by atoms with Gasteiger partial charge in [0.2, 0.25) is 5.88 Å². The molecule has 2 fully saturated rings. The molecule has 176 valence electrons. The van der Waals surface area contributed by atoms with Gasteiger partial charge in [0.1, 0.15) is 24.1 Å². The van der Waals surface area contributed by atoms with Gasteiger partial charge in [-0.05, 0) is 24.6 Å². The SMILES string of the molecule is CS(=O)(=O)c1ccc(N2CCc3c(OC4[C@@H]5COC[C@H]4CN(C(=O)O)C5)ncnc32)c(F)c1. The topological polar surface area (TPSA) is 122 Å². The van der Waals surface area contributed by atoms with Crippen LogP contribution in [-0.4, -0.2) is 79.7 Å². The predicted octanol–water partition coefficient (Wildman–Crippen LogP) is 1.72. The molecule has 0 saturated carbocycles. The monoisotopic (exact) mass is 478 g/mol. The Balaban J connectivity index is 1.41. The molecule has 1 unspecified atom stereocenters. The molecule has 10 nitrogen and oxygen atoms in total. The molecule has 12 heteroatoms. The molecule has 0 aliphatic carbocycles. The number of rotatable bonds is 4. The molecule has 1 amide bonds. The lowest BCUT2D eigenvalue weighted by Crippen LogP contribution is -2.58. The van der Waals surface area contributed by atoms with Crippen LogP contribution < -0.4 is 9.64 Å². The van der Waals surface area contributed by atoms with E-state index in [9.17, 15) is 22.7 Å². The van der Waals surface area contributed by atoms with Crippen LogP contribution in [0.15, 0.2) is 29.4 Å². The van der Waals surface area contributed by atoms with Crippen molar-refractivity contribution in [3.8, 4) is 5.88 Å². The second-order valence-corrected chi connectivity index (χ2v) is 10.6. The van der Waals surface area contributed by atoms with Gasteiger partial charge in [-0.3, -0.25) is 0 Å². The third-order valence-electron chi connectivity index (χ3n) is 6.38. The van der Waals surface area contributed by atoms with Crippen LogP contribution >= 0.6 is 0 Å². The predicted molar refractivity (Wildman–Crippen MR) is 114 cm³/mol. The van der Waals surface area contributed by atoms with Crippen LogP contribution in [0.2, 0.25) is 0 Å². The highest BCUT2D eigenvalue weighted by atomic mass is 32.2. The normalized spacial score (nSPS) is 24.5. The van der Waals surface area contributed by atoms with Crippen molar-refractivity contribution in [2.45, 2.75) is 17.4 Å². The van der Waals surface area contributed by atoms with Crippen LogP contribution in [0.3, 0.4) is 0 Å². The number of hydrogen-bond acceptors (Lipinski definition) is 8. The molecule has 2 bridgehead atoms. The molecular formula is C21H23FN4O6S. The maximum Gasteiger partial charge on any atom is 0.407 e. The standard InChI is InChI=1S/C21H23FN4O6S/c1-33(29,30)14-2-3-17(16(22)6-14)26-5-4-15-19(26)23-11-24-20(15)32-18-12-7-25(21(27)28)8-13(18)10-31-9-12/h2-3,6,11-13,18H,4-5,7-10H2,1H3,(H,27,28)/t12-,13+,18?. The fourth-order valence-corrected chi connectivity index (χ4v) is 5.45. The Hall–Kier alpha value is -2.99. The minimum Gasteiger partial charge on any atom is -0.473 e. The van der Waals surface area contributed by atoms with Gasteiger partial charge in [-0.25, -0.2) is 27.6 Å². The fourth-order valence-electron chi connectivity index (χ4n) is 4.82. The summed E-state index contributed by atoms with van der Waals surface area (Å²) in [5, 5.41) is 9.37. The van der Waals surface area contributed by atoms with Crippen LogP contribution in [0.25, 0.3) is 0 Å². The third-order valence-corrected chi connectivity index (χ3v) is 7.49. The van der Waals surface area contributed by atoms with Crippen molar-refractivity contribution in [1.82, 2.24) is 14.9 Å². The first-order valence-corrected chi connectivity index (χ1v) is 12.4. The average molecular weight is 479 g/mol. The molecule has 5 rings (SSSR count). The summed E-state index contributed by atoms with van der Waals surface area (Å²) < 4.78 is 50.2. The number of aromatic nitrogens is 2. The summed E-state index contributed by atoms with van der Waals surface area (Å²) in [4.78, 5) is 23.1. The van der Waals surface area contributed by atoms with Gasteiger partial charge in [0.05, 0.1) is 29.4 Å². The Labute approximate surface area is 189 Å². The molecule has 1 aromatic heterocycles. The summed E-state index contributed by atoms with van der Waals surface area (Å²) in [7, 11) is -3.52. The molecule has 3 aliphatic rings. The number of carbonyl (C=O) groups is 1. The van der Waals surface area contributed by atoms with Crippen molar-refractivity contribution >= 4 is 27.4 Å². The van der Waals surface area contributed by atoms with E-state index in [1.807, 2.05) is 0 Å². The zero-order valence-electron chi connectivity index (χ0n) is 17.8. The number of carboxylic acid groups (broad SMARTS) is 1. The molecule has 3 aliphatic heterocycles. The lowest BCUT2D eigenvalue weighted by molar-refractivity contribution is -0.108. The van der Waals surface area contributed by atoms with E-state index in [-0.39, 0.29) is 28.5 Å². The van der Waals surface area contributed by atoms with Gasteiger partial charge < -0.3 is 24.4 Å². The molecule has 1 aromatic carbocycles. The number of likely N-dealkylation sites (tertiary alicyclic amines) is 1. The average Bonchev–Trinajstić information content (AvgIpc) is 3.17. The van der Waals surface area contributed by atoms with Crippen LogP contribution in [0.5, 0.6) is 5.88 Å². The fraction of sp³-hybridized carbons (Fsp3) is 0.476. The number of ether oxygens (including phenoxy) is 2. The van der Waals surface area contributed by atoms with E-state index in [1.54, 1.807) is 4.90 Å². The van der Waals surface area contributed by atoms with E-state index < -0.39 is 21.7 Å². The van der Waals surface area contributed by atoms with Gasteiger partial charge in [0.25, 0.3) is 0 Å². The summed E-state index contributed by atoms with van der Waals surface area (Å²) in [6, 6.07) is 3.83. The maximum absolute atomic E-state index is 14.8. The van der Waals surface area contributed by atoms with E-state index in [0.717, 1.165) is 17.9 Å². The Bertz CT molecular complexity index is 1200. The molecule has 2 aromatic rings. The van der Waals surface area contributed by atoms with Crippen LogP contribution in [0, 0.1) is 17.7 Å². The van der Waals surface area contributed by atoms with Gasteiger partial charge in [-0.2, -0.15) is 0 Å². The van der Waals surface area contributed by atoms with Crippen molar-refractivity contribution in [3.63, 3.8) is 0 Å². The van der Waals surface area contributed by atoms with E-state index in [4.69, 9.17) is 9.47 Å². The van der Waals surface area contributed by atoms with E-state index >= 15 is 0 Å². The number of hydrogen-bond donors (Lipinski definition) is 1. The Morgan fingerprint density at radius 1 is 1.24 bits per heavy atom. The van der Waals surface area contributed by atoms with Gasteiger partial charge in [0, 0.05) is 37.7 Å². The molecule has 1 N–H and O–H groups in total. The zero-order chi connectivity index (χ0) is 23.3. The minimum atomic E-state index is -3.52. The number of benzene rings is 1. The van der Waals surface area contributed by atoms with Gasteiger partial charge in [-0.1, -0.05) is 0 Å². The number of piperidine rings is 1. The maximum atomic E-state index is 14.8. The number of nitrogens with zero attached hydrogens (tertiary/aromatic N) is 4. The van der Waals surface area contributed by atoms with Crippen LogP contribution in [-0.2, 0) is 21.0 Å². The number of anilines is 2. The highest BCUT2D eigenvalue weighted by molar-refractivity contribution is 7.90. The molecule has 33 heavy (non-hydrogen) atoms. The van der Waals surface area contributed by atoms with Crippen molar-refractivity contribution in [3.05, 3.63) is 35.9 Å². The van der Waals surface area contributed by atoms with Crippen LogP contribution in [0.1, 0.15) is 5.56 Å². The minimum absolute atomic E-state index is 0.0867. The quantitative estimate of drug-likeness (QED) is 0.700. The molecular weight excluding hydrogens is 455 g/mol. The first-order valence-electron chi connectivity index (χ1n) is 10.6. The van der Waals surface area contributed by atoms with Gasteiger partial charge >= 0.3 is 6.09 Å². The first-order chi connectivity index (χ1) is 15.7. The lowest BCUT2D eigenvalue weighted by atomic mass is 9.84. The van der Waals surface area contributed by atoms with E-state index in [2.05, 4.69) is 9.97 Å². The largest absolute Gasteiger partial charge is 0.473 e. The van der Waals surface area contributed by atoms with Crippen LogP contribution in [0.4, 0.5) is 20.7 Å². The molecule has 4 heterocycles. The molecule has 0 radical (unpaired) electrons. The Morgan fingerprint density at radius 3 is 2.61 bits per heavy atom. The number of fused-ring (bicyclic) bond motifs is 3. The van der Waals surface area contributed by atoms with Crippen molar-refractivity contribution in [1.29, 1.82) is 0 Å². The summed E-state index contributed by atoms with van der Waals surface area (Å²) in [5.74, 6) is 0.0340. The summed E-state index contributed by atoms with van der Waals surface area (Å²) >= 11 is 0. The van der Waals surface area contributed by atoms with E-state index in [0.29, 0.717) is 51.0 Å². The highest BCUT2D eigenvalue weighted by Crippen LogP contribution is 2.40.